The summed E-state index contributed by atoms with van der Waals surface area (Å²) in [6.45, 7) is 4.64. The van der Waals surface area contributed by atoms with Gasteiger partial charge in [0.2, 0.25) is 0 Å². The first-order valence-corrected chi connectivity index (χ1v) is 12.8. The van der Waals surface area contributed by atoms with Crippen molar-refractivity contribution in [3.63, 3.8) is 0 Å². The fourth-order valence-electron chi connectivity index (χ4n) is 4.49. The zero-order chi connectivity index (χ0) is 28.1. The predicted octanol–water partition coefficient (Wildman–Crippen LogP) is 4.12. The molecule has 1 aliphatic heterocycles. The number of benzene rings is 2. The van der Waals surface area contributed by atoms with Gasteiger partial charge in [0.25, 0.3) is 11.8 Å². The number of fused-ring (bicyclic) bond motifs is 1. The average molecular weight is 553 g/mol. The standard InChI is InChI=1S/C28H27F3N6O3/c29-28(30,31)21-6-1-5-20(16-21)26(38)35-22-7-2-4-19(17-22)24-8-10-32-25-23(18-34-37(24)25)27(39)33-9-3-11-36-12-14-40-15-13-36/h1-2,4-8,10,16-18H,3,9,11-15H2,(H,33,39)(H,35,38). The van der Waals surface area contributed by atoms with Crippen molar-refractivity contribution in [2.75, 3.05) is 44.7 Å². The van der Waals surface area contributed by atoms with Crippen LogP contribution in [0.4, 0.5) is 18.9 Å². The minimum Gasteiger partial charge on any atom is -0.379 e. The number of anilines is 1. The van der Waals surface area contributed by atoms with Gasteiger partial charge in [0.05, 0.1) is 30.7 Å². The lowest BCUT2D eigenvalue weighted by Crippen LogP contribution is -2.38. The molecule has 4 aromatic rings. The van der Waals surface area contributed by atoms with E-state index in [1.807, 2.05) is 0 Å². The maximum atomic E-state index is 13.1. The van der Waals surface area contributed by atoms with E-state index in [2.05, 4.69) is 25.6 Å². The third-order valence-electron chi connectivity index (χ3n) is 6.55. The fraction of sp³-hybridized carbons (Fsp3) is 0.286. The number of carbonyl (C=O) groups is 2. The van der Waals surface area contributed by atoms with Crippen LogP contribution in [0.25, 0.3) is 16.9 Å². The van der Waals surface area contributed by atoms with Crippen molar-refractivity contribution >= 4 is 23.1 Å². The minimum absolute atomic E-state index is 0.112. The van der Waals surface area contributed by atoms with Crippen molar-refractivity contribution in [1.82, 2.24) is 24.8 Å². The molecule has 2 aromatic heterocycles. The second-order valence-corrected chi connectivity index (χ2v) is 9.30. The number of alkyl halides is 3. The smallest absolute Gasteiger partial charge is 0.379 e. The van der Waals surface area contributed by atoms with Crippen LogP contribution in [-0.2, 0) is 10.9 Å². The number of nitrogens with one attached hydrogen (secondary N) is 2. The van der Waals surface area contributed by atoms with Crippen LogP contribution >= 0.6 is 0 Å². The van der Waals surface area contributed by atoms with Crippen molar-refractivity contribution in [3.05, 3.63) is 83.7 Å². The van der Waals surface area contributed by atoms with E-state index < -0.39 is 17.6 Å². The molecule has 0 radical (unpaired) electrons. The first-order valence-electron chi connectivity index (χ1n) is 12.8. The molecule has 0 aliphatic carbocycles. The summed E-state index contributed by atoms with van der Waals surface area (Å²) >= 11 is 0. The van der Waals surface area contributed by atoms with Crippen LogP contribution in [-0.4, -0.2) is 70.7 Å². The van der Waals surface area contributed by atoms with Gasteiger partial charge >= 0.3 is 6.18 Å². The molecule has 1 aliphatic rings. The number of morpholine rings is 1. The van der Waals surface area contributed by atoms with Crippen molar-refractivity contribution in [2.24, 2.45) is 0 Å². The predicted molar refractivity (Wildman–Crippen MR) is 142 cm³/mol. The Labute approximate surface area is 228 Å². The Morgan fingerprint density at radius 1 is 1.00 bits per heavy atom. The van der Waals surface area contributed by atoms with Gasteiger partial charge in [-0.15, -0.1) is 0 Å². The van der Waals surface area contributed by atoms with Gasteiger partial charge in [0.15, 0.2) is 5.65 Å². The number of hydrogen-bond acceptors (Lipinski definition) is 6. The molecule has 2 amide bonds. The zero-order valence-electron chi connectivity index (χ0n) is 21.4. The van der Waals surface area contributed by atoms with Gasteiger partial charge < -0.3 is 15.4 Å². The van der Waals surface area contributed by atoms with Crippen molar-refractivity contribution in [3.8, 4) is 11.3 Å². The molecule has 0 atom stereocenters. The summed E-state index contributed by atoms with van der Waals surface area (Å²) in [7, 11) is 0. The van der Waals surface area contributed by atoms with Crippen LogP contribution in [0.3, 0.4) is 0 Å². The van der Waals surface area contributed by atoms with Crippen LogP contribution < -0.4 is 10.6 Å². The Bertz CT molecular complexity index is 1510. The van der Waals surface area contributed by atoms with E-state index in [1.165, 1.54) is 22.8 Å². The number of aromatic nitrogens is 3. The monoisotopic (exact) mass is 552 g/mol. The highest BCUT2D eigenvalue weighted by atomic mass is 19.4. The van der Waals surface area contributed by atoms with E-state index >= 15 is 0 Å². The maximum Gasteiger partial charge on any atom is 0.416 e. The van der Waals surface area contributed by atoms with E-state index in [4.69, 9.17) is 4.74 Å². The van der Waals surface area contributed by atoms with Crippen LogP contribution in [0, 0.1) is 0 Å². The Kier molecular flexibility index (Phi) is 8.08. The van der Waals surface area contributed by atoms with E-state index in [0.717, 1.165) is 51.4 Å². The van der Waals surface area contributed by atoms with Crippen molar-refractivity contribution in [2.45, 2.75) is 12.6 Å². The molecule has 3 heterocycles. The third kappa shape index (κ3) is 6.29. The molecule has 1 saturated heterocycles. The highest BCUT2D eigenvalue weighted by Crippen LogP contribution is 2.30. The number of ether oxygens (including phenoxy) is 1. The third-order valence-corrected chi connectivity index (χ3v) is 6.55. The number of nitrogens with zero attached hydrogens (tertiary/aromatic N) is 4. The first-order chi connectivity index (χ1) is 19.3. The Morgan fingerprint density at radius 2 is 1.80 bits per heavy atom. The van der Waals surface area contributed by atoms with E-state index in [1.54, 1.807) is 36.5 Å². The fourth-order valence-corrected chi connectivity index (χ4v) is 4.49. The van der Waals surface area contributed by atoms with Crippen LogP contribution in [0.1, 0.15) is 32.7 Å². The van der Waals surface area contributed by atoms with Crippen LogP contribution in [0.15, 0.2) is 67.0 Å². The van der Waals surface area contributed by atoms with Gasteiger partial charge in [-0.3, -0.25) is 14.5 Å². The van der Waals surface area contributed by atoms with Crippen molar-refractivity contribution in [1.29, 1.82) is 0 Å². The first kappa shape index (κ1) is 27.3. The molecule has 2 N–H and O–H groups in total. The summed E-state index contributed by atoms with van der Waals surface area (Å²) in [5, 5.41) is 9.94. The Balaban J connectivity index is 1.28. The summed E-state index contributed by atoms with van der Waals surface area (Å²) in [5.41, 5.74) is 1.36. The van der Waals surface area contributed by atoms with Gasteiger partial charge in [-0.1, -0.05) is 18.2 Å². The van der Waals surface area contributed by atoms with Gasteiger partial charge in [0, 0.05) is 42.6 Å². The number of rotatable bonds is 8. The summed E-state index contributed by atoms with van der Waals surface area (Å²) < 4.78 is 46.0. The topological polar surface area (TPSA) is 101 Å². The van der Waals surface area contributed by atoms with Gasteiger partial charge in [-0.25, -0.2) is 9.50 Å². The van der Waals surface area contributed by atoms with E-state index in [0.29, 0.717) is 34.7 Å². The zero-order valence-corrected chi connectivity index (χ0v) is 21.4. The molecule has 0 unspecified atom stereocenters. The molecule has 0 spiro atoms. The van der Waals surface area contributed by atoms with E-state index in [9.17, 15) is 22.8 Å². The SMILES string of the molecule is O=C(Nc1cccc(-c2ccnc3c(C(=O)NCCCN4CCOCC4)cnn23)c1)c1cccc(C(F)(F)F)c1. The van der Waals surface area contributed by atoms with Crippen molar-refractivity contribution < 1.29 is 27.5 Å². The van der Waals surface area contributed by atoms with Gasteiger partial charge in [-0.2, -0.15) is 18.3 Å². The maximum absolute atomic E-state index is 13.1. The Morgan fingerprint density at radius 3 is 2.60 bits per heavy atom. The summed E-state index contributed by atoms with van der Waals surface area (Å²) in [5.74, 6) is -0.946. The molecular weight excluding hydrogens is 525 g/mol. The van der Waals surface area contributed by atoms with Crippen LogP contribution in [0.2, 0.25) is 0 Å². The van der Waals surface area contributed by atoms with E-state index in [-0.39, 0.29) is 11.5 Å². The molecule has 5 rings (SSSR count). The molecule has 40 heavy (non-hydrogen) atoms. The van der Waals surface area contributed by atoms with Gasteiger partial charge in [0.1, 0.15) is 5.56 Å². The second kappa shape index (κ2) is 11.8. The lowest BCUT2D eigenvalue weighted by molar-refractivity contribution is -0.137. The molecule has 9 nitrogen and oxygen atoms in total. The summed E-state index contributed by atoms with van der Waals surface area (Å²) in [6.07, 6.45) is -0.716. The molecule has 0 saturated carbocycles. The number of hydrogen-bond donors (Lipinski definition) is 2. The quantitative estimate of drug-likeness (QED) is 0.319. The molecular formula is C28H27F3N6O3. The second-order valence-electron chi connectivity index (χ2n) is 9.30. The Hall–Kier alpha value is -4.29. The highest BCUT2D eigenvalue weighted by Gasteiger charge is 2.31. The number of halogens is 3. The average Bonchev–Trinajstić information content (AvgIpc) is 3.40. The largest absolute Gasteiger partial charge is 0.416 e. The van der Waals surface area contributed by atoms with Crippen LogP contribution in [0.5, 0.6) is 0 Å². The molecule has 208 valence electrons. The number of amides is 2. The lowest BCUT2D eigenvalue weighted by Gasteiger charge is -2.26. The molecule has 2 aromatic carbocycles. The number of carbonyl (C=O) groups excluding carboxylic acids is 2. The van der Waals surface area contributed by atoms with Gasteiger partial charge in [-0.05, 0) is 49.4 Å². The highest BCUT2D eigenvalue weighted by molar-refractivity contribution is 6.04. The normalized spacial score (nSPS) is 14.3. The molecule has 0 bridgehead atoms. The summed E-state index contributed by atoms with van der Waals surface area (Å²) in [6, 6.07) is 12.8. The molecule has 12 heteroatoms. The minimum atomic E-state index is -4.55. The molecule has 1 fully saturated rings. The summed E-state index contributed by atoms with van der Waals surface area (Å²) in [4.78, 5) is 32.2. The lowest BCUT2D eigenvalue weighted by atomic mass is 10.1.